The van der Waals surface area contributed by atoms with Crippen LogP contribution >= 0.6 is 0 Å². The Hall–Kier alpha value is -2.61. The Labute approximate surface area is 121 Å². The highest BCUT2D eigenvalue weighted by Crippen LogP contribution is 2.21. The maximum absolute atomic E-state index is 12.3. The molecule has 0 fully saturated rings. The molecule has 1 aromatic carbocycles. The molecule has 3 aromatic rings. The zero-order valence-corrected chi connectivity index (χ0v) is 12.0. The predicted molar refractivity (Wildman–Crippen MR) is 80.2 cm³/mol. The minimum Gasteiger partial charge on any atom is -0.384 e. The highest BCUT2D eigenvalue weighted by atomic mass is 32.2. The van der Waals surface area contributed by atoms with Crippen LogP contribution in [0.1, 0.15) is 0 Å². The third kappa shape index (κ3) is 2.65. The molecule has 0 atom stereocenters. The first-order valence-corrected chi connectivity index (χ1v) is 7.60. The Morgan fingerprint density at radius 2 is 2.05 bits per heavy atom. The lowest BCUT2D eigenvalue weighted by molar-refractivity contribution is 0.601. The van der Waals surface area contributed by atoms with Gasteiger partial charge in [-0.25, -0.2) is 13.4 Å². The molecule has 0 unspecified atom stereocenters. The topological polar surface area (TPSA) is 103 Å². The number of nitrogen functional groups attached to an aromatic ring is 1. The van der Waals surface area contributed by atoms with Crippen molar-refractivity contribution in [3.05, 3.63) is 42.7 Å². The van der Waals surface area contributed by atoms with Crippen LogP contribution in [0.5, 0.6) is 0 Å². The number of nitrogens with two attached hydrogens (primary N) is 1. The summed E-state index contributed by atoms with van der Waals surface area (Å²) >= 11 is 0. The molecule has 0 amide bonds. The summed E-state index contributed by atoms with van der Waals surface area (Å²) in [5.41, 5.74) is 6.66. The standard InChI is InChI=1S/C13H13N5O2S/c1-18-8-10(7-15-18)17-21(19,20)11-3-4-12-9(6-11)2-5-13(14)16-12/h2-8,17H,1H3,(H2,14,16). The summed E-state index contributed by atoms with van der Waals surface area (Å²) < 4.78 is 28.7. The molecule has 0 spiro atoms. The van der Waals surface area contributed by atoms with Crippen LogP contribution in [0.3, 0.4) is 0 Å². The number of benzene rings is 1. The lowest BCUT2D eigenvalue weighted by atomic mass is 10.2. The quantitative estimate of drug-likeness (QED) is 0.760. The van der Waals surface area contributed by atoms with Gasteiger partial charge in [-0.05, 0) is 30.3 Å². The van der Waals surface area contributed by atoms with Gasteiger partial charge in [0.15, 0.2) is 0 Å². The van der Waals surface area contributed by atoms with Crippen LogP contribution in [0.15, 0.2) is 47.6 Å². The van der Waals surface area contributed by atoms with Crippen LogP contribution < -0.4 is 10.5 Å². The fourth-order valence-corrected chi connectivity index (χ4v) is 3.04. The molecule has 2 aromatic heterocycles. The summed E-state index contributed by atoms with van der Waals surface area (Å²) in [6.07, 6.45) is 3.03. The Bertz CT molecular complexity index is 917. The lowest BCUT2D eigenvalue weighted by Crippen LogP contribution is -2.12. The largest absolute Gasteiger partial charge is 0.384 e. The molecule has 21 heavy (non-hydrogen) atoms. The van der Waals surface area contributed by atoms with Gasteiger partial charge in [-0.2, -0.15) is 5.10 Å². The van der Waals surface area contributed by atoms with E-state index in [4.69, 9.17) is 5.73 Å². The Morgan fingerprint density at radius 1 is 1.24 bits per heavy atom. The molecule has 3 N–H and O–H groups in total. The number of anilines is 2. The minimum atomic E-state index is -3.66. The van der Waals surface area contributed by atoms with Gasteiger partial charge in [0.05, 0.1) is 22.3 Å². The summed E-state index contributed by atoms with van der Waals surface area (Å²) in [7, 11) is -1.95. The van der Waals surface area contributed by atoms with E-state index in [9.17, 15) is 8.42 Å². The molecular formula is C13H13N5O2S. The van der Waals surface area contributed by atoms with E-state index in [1.165, 1.54) is 16.9 Å². The summed E-state index contributed by atoms with van der Waals surface area (Å²) in [6.45, 7) is 0. The number of fused-ring (bicyclic) bond motifs is 1. The fraction of sp³-hybridized carbons (Fsp3) is 0.0769. The minimum absolute atomic E-state index is 0.158. The van der Waals surface area contributed by atoms with Gasteiger partial charge in [-0.1, -0.05) is 0 Å². The van der Waals surface area contributed by atoms with E-state index in [-0.39, 0.29) is 4.90 Å². The average molecular weight is 303 g/mol. The first-order chi connectivity index (χ1) is 9.94. The van der Waals surface area contributed by atoms with Gasteiger partial charge in [0.25, 0.3) is 10.0 Å². The van der Waals surface area contributed by atoms with Gasteiger partial charge in [0, 0.05) is 18.6 Å². The molecular weight excluding hydrogens is 290 g/mol. The van der Waals surface area contributed by atoms with E-state index in [1.807, 2.05) is 0 Å². The summed E-state index contributed by atoms with van der Waals surface area (Å²) in [4.78, 5) is 4.29. The van der Waals surface area contributed by atoms with Gasteiger partial charge in [-0.3, -0.25) is 9.40 Å². The van der Waals surface area contributed by atoms with Gasteiger partial charge >= 0.3 is 0 Å². The van der Waals surface area contributed by atoms with Gasteiger partial charge in [0.2, 0.25) is 0 Å². The molecule has 0 aliphatic rings. The van der Waals surface area contributed by atoms with Crippen LogP contribution in [0, 0.1) is 0 Å². The monoisotopic (exact) mass is 303 g/mol. The van der Waals surface area contributed by atoms with Gasteiger partial charge in [0.1, 0.15) is 5.82 Å². The summed E-state index contributed by atoms with van der Waals surface area (Å²) in [5.74, 6) is 0.395. The zero-order valence-electron chi connectivity index (χ0n) is 11.2. The second kappa shape index (κ2) is 4.74. The Kier molecular flexibility index (Phi) is 3.02. The van der Waals surface area contributed by atoms with Crippen LogP contribution in [0.2, 0.25) is 0 Å². The highest BCUT2D eigenvalue weighted by molar-refractivity contribution is 7.92. The van der Waals surface area contributed by atoms with Crippen molar-refractivity contribution < 1.29 is 8.42 Å². The SMILES string of the molecule is Cn1cc(NS(=O)(=O)c2ccc3nc(N)ccc3c2)cn1. The zero-order chi connectivity index (χ0) is 15.0. The van der Waals surface area contributed by atoms with E-state index >= 15 is 0 Å². The van der Waals surface area contributed by atoms with Crippen LogP contribution in [-0.2, 0) is 17.1 Å². The second-order valence-corrected chi connectivity index (χ2v) is 6.28. The van der Waals surface area contributed by atoms with E-state index < -0.39 is 10.0 Å². The number of nitrogens with one attached hydrogen (secondary N) is 1. The van der Waals surface area contributed by atoms with Crippen LogP contribution in [-0.4, -0.2) is 23.2 Å². The van der Waals surface area contributed by atoms with Crippen molar-refractivity contribution in [3.8, 4) is 0 Å². The fourth-order valence-electron chi connectivity index (χ4n) is 1.97. The van der Waals surface area contributed by atoms with Crippen molar-refractivity contribution >= 4 is 32.4 Å². The number of hydrogen-bond donors (Lipinski definition) is 2. The molecule has 8 heteroatoms. The number of pyridine rings is 1. The van der Waals surface area contributed by atoms with Crippen molar-refractivity contribution in [2.45, 2.75) is 4.90 Å². The van der Waals surface area contributed by atoms with Crippen LogP contribution in [0.25, 0.3) is 10.9 Å². The van der Waals surface area contributed by atoms with Crippen molar-refractivity contribution in [2.24, 2.45) is 7.05 Å². The smallest absolute Gasteiger partial charge is 0.262 e. The van der Waals surface area contributed by atoms with Crippen molar-refractivity contribution in [2.75, 3.05) is 10.5 Å². The first kappa shape index (κ1) is 13.4. The summed E-state index contributed by atoms with van der Waals surface area (Å²) in [6, 6.07) is 8.05. The first-order valence-electron chi connectivity index (χ1n) is 6.12. The maximum atomic E-state index is 12.3. The molecule has 0 radical (unpaired) electrons. The molecule has 7 nitrogen and oxygen atoms in total. The maximum Gasteiger partial charge on any atom is 0.262 e. The lowest BCUT2D eigenvalue weighted by Gasteiger charge is -2.07. The third-order valence-corrected chi connectivity index (χ3v) is 4.33. The van der Waals surface area contributed by atoms with Crippen molar-refractivity contribution in [1.29, 1.82) is 0 Å². The molecule has 3 rings (SSSR count). The molecule has 0 bridgehead atoms. The van der Waals surface area contributed by atoms with Gasteiger partial charge in [-0.15, -0.1) is 0 Å². The van der Waals surface area contributed by atoms with Crippen molar-refractivity contribution in [1.82, 2.24) is 14.8 Å². The number of nitrogens with zero attached hydrogens (tertiary/aromatic N) is 3. The predicted octanol–water partition coefficient (Wildman–Crippen LogP) is 1.35. The van der Waals surface area contributed by atoms with Crippen LogP contribution in [0.4, 0.5) is 11.5 Å². The van der Waals surface area contributed by atoms with E-state index in [0.29, 0.717) is 22.4 Å². The number of aromatic nitrogens is 3. The van der Waals surface area contributed by atoms with Crippen molar-refractivity contribution in [3.63, 3.8) is 0 Å². The van der Waals surface area contributed by atoms with E-state index in [2.05, 4.69) is 14.8 Å². The molecule has 2 heterocycles. The highest BCUT2D eigenvalue weighted by Gasteiger charge is 2.15. The Balaban J connectivity index is 2.00. The second-order valence-electron chi connectivity index (χ2n) is 4.60. The molecule has 108 valence electrons. The van der Waals surface area contributed by atoms with E-state index in [1.54, 1.807) is 37.5 Å². The number of hydrogen-bond acceptors (Lipinski definition) is 5. The Morgan fingerprint density at radius 3 is 2.76 bits per heavy atom. The normalized spacial score (nSPS) is 11.7. The molecule has 0 aliphatic carbocycles. The third-order valence-electron chi connectivity index (χ3n) is 2.95. The summed E-state index contributed by atoms with van der Waals surface area (Å²) in [5, 5.41) is 4.63. The number of rotatable bonds is 3. The number of aryl methyl sites for hydroxylation is 1. The molecule has 0 aliphatic heterocycles. The molecule has 0 saturated heterocycles. The average Bonchev–Trinajstić information content (AvgIpc) is 2.82. The molecule has 0 saturated carbocycles. The number of sulfonamides is 1. The van der Waals surface area contributed by atoms with E-state index in [0.717, 1.165) is 0 Å². The van der Waals surface area contributed by atoms with Gasteiger partial charge < -0.3 is 5.73 Å².